The van der Waals surface area contributed by atoms with Gasteiger partial charge in [0.2, 0.25) is 0 Å². The highest BCUT2D eigenvalue weighted by Crippen LogP contribution is 2.33. The van der Waals surface area contributed by atoms with Crippen LogP contribution in [0.1, 0.15) is 35.6 Å². The van der Waals surface area contributed by atoms with Crippen molar-refractivity contribution < 1.29 is 18.4 Å². The Balaban J connectivity index is 1.63. The number of benzene rings is 2. The number of nitrogens with one attached hydrogen (secondary N) is 1. The highest BCUT2D eigenvalue weighted by molar-refractivity contribution is 6.07. The van der Waals surface area contributed by atoms with Crippen molar-refractivity contribution >= 4 is 11.9 Å². The van der Waals surface area contributed by atoms with Gasteiger partial charge >= 0.3 is 6.03 Å². The lowest BCUT2D eigenvalue weighted by Gasteiger charge is -2.23. The van der Waals surface area contributed by atoms with Crippen molar-refractivity contribution in [3.63, 3.8) is 0 Å². The molecule has 1 N–H and O–H groups in total. The van der Waals surface area contributed by atoms with Crippen molar-refractivity contribution in [2.45, 2.75) is 38.3 Å². The molecule has 2 aromatic rings. The molecule has 4 rings (SSSR count). The van der Waals surface area contributed by atoms with Crippen LogP contribution in [0.2, 0.25) is 0 Å². The van der Waals surface area contributed by atoms with Gasteiger partial charge < -0.3 is 5.32 Å². The molecule has 0 aromatic heterocycles. The molecule has 1 heterocycles. The Hall–Kier alpha value is -2.76. The summed E-state index contributed by atoms with van der Waals surface area (Å²) in [5.74, 6) is -2.37. The van der Waals surface area contributed by atoms with Gasteiger partial charge in [0.05, 0.1) is 6.54 Å². The van der Waals surface area contributed by atoms with E-state index in [9.17, 15) is 18.4 Å². The van der Waals surface area contributed by atoms with Crippen LogP contribution < -0.4 is 5.32 Å². The molecular formula is C20H18F2N2O2. The zero-order chi connectivity index (χ0) is 18.5. The molecule has 1 unspecified atom stereocenters. The van der Waals surface area contributed by atoms with Crippen LogP contribution in [0.15, 0.2) is 36.4 Å². The molecule has 4 nitrogen and oxygen atoms in total. The molecule has 0 saturated carbocycles. The Morgan fingerprint density at radius 1 is 1.04 bits per heavy atom. The van der Waals surface area contributed by atoms with Crippen LogP contribution in [-0.4, -0.2) is 16.8 Å². The van der Waals surface area contributed by atoms with E-state index >= 15 is 0 Å². The minimum Gasteiger partial charge on any atom is -0.319 e. The van der Waals surface area contributed by atoms with E-state index in [1.54, 1.807) is 6.92 Å². The van der Waals surface area contributed by atoms with Gasteiger partial charge in [-0.25, -0.2) is 13.6 Å². The highest BCUT2D eigenvalue weighted by atomic mass is 19.2. The summed E-state index contributed by atoms with van der Waals surface area (Å²) in [6.45, 7) is 1.57. The zero-order valence-electron chi connectivity index (χ0n) is 14.3. The third kappa shape index (κ3) is 2.57. The number of urea groups is 1. The quantitative estimate of drug-likeness (QED) is 0.857. The third-order valence-electron chi connectivity index (χ3n) is 5.28. The number of halogens is 2. The molecule has 0 spiro atoms. The fraction of sp³-hybridized carbons (Fsp3) is 0.300. The summed E-state index contributed by atoms with van der Waals surface area (Å²) in [6.07, 6.45) is 3.10. The Labute approximate surface area is 149 Å². The molecule has 3 amide bonds. The Kier molecular flexibility index (Phi) is 3.79. The van der Waals surface area contributed by atoms with Gasteiger partial charge in [0.1, 0.15) is 5.54 Å². The number of carbonyl (C=O) groups is 2. The summed E-state index contributed by atoms with van der Waals surface area (Å²) in [7, 11) is 0. The van der Waals surface area contributed by atoms with Crippen molar-refractivity contribution in [2.24, 2.45) is 0 Å². The fourth-order valence-corrected chi connectivity index (χ4v) is 3.74. The summed E-state index contributed by atoms with van der Waals surface area (Å²) < 4.78 is 26.5. The average molecular weight is 356 g/mol. The predicted octanol–water partition coefficient (Wildman–Crippen LogP) is 3.42. The molecule has 2 aliphatic rings. The Morgan fingerprint density at radius 3 is 2.58 bits per heavy atom. The number of nitrogens with zero attached hydrogens (tertiary/aromatic N) is 1. The predicted molar refractivity (Wildman–Crippen MR) is 91.3 cm³/mol. The second kappa shape index (κ2) is 5.90. The van der Waals surface area contributed by atoms with Crippen LogP contribution in [0, 0.1) is 11.6 Å². The molecule has 1 fully saturated rings. The standard InChI is InChI=1S/C20H18F2N2O2/c1-20(15-7-6-13-3-2-4-14(13)10-15)18(25)24(19(26)23-20)11-12-5-8-16(21)17(22)9-12/h5-10H,2-4,11H2,1H3,(H,23,26). The SMILES string of the molecule is CC1(c2ccc3c(c2)CCC3)NC(=O)N(Cc2ccc(F)c(F)c2)C1=O. The van der Waals surface area contributed by atoms with Gasteiger partial charge in [0.15, 0.2) is 11.6 Å². The first-order valence-electron chi connectivity index (χ1n) is 8.59. The molecule has 1 saturated heterocycles. The number of hydrogen-bond acceptors (Lipinski definition) is 2. The first-order chi connectivity index (χ1) is 12.4. The number of amides is 3. The third-order valence-corrected chi connectivity index (χ3v) is 5.28. The summed E-state index contributed by atoms with van der Waals surface area (Å²) >= 11 is 0. The molecule has 134 valence electrons. The average Bonchev–Trinajstić information content (AvgIpc) is 3.16. The van der Waals surface area contributed by atoms with Gasteiger partial charge in [0.25, 0.3) is 5.91 Å². The summed E-state index contributed by atoms with van der Waals surface area (Å²) in [5, 5.41) is 2.75. The van der Waals surface area contributed by atoms with E-state index in [1.807, 2.05) is 18.2 Å². The first-order valence-corrected chi connectivity index (χ1v) is 8.59. The molecule has 1 atom stereocenters. The van der Waals surface area contributed by atoms with Gasteiger partial charge in [-0.05, 0) is 60.6 Å². The lowest BCUT2D eigenvalue weighted by molar-refractivity contribution is -0.131. The lowest BCUT2D eigenvalue weighted by atomic mass is 9.89. The summed E-state index contributed by atoms with van der Waals surface area (Å²) in [5.41, 5.74) is 2.43. The normalized spacial score (nSPS) is 21.9. The number of rotatable bonds is 3. The van der Waals surface area contributed by atoms with Crippen LogP contribution in [0.3, 0.4) is 0 Å². The van der Waals surface area contributed by atoms with E-state index < -0.39 is 29.1 Å². The highest BCUT2D eigenvalue weighted by Gasteiger charge is 2.49. The van der Waals surface area contributed by atoms with Crippen molar-refractivity contribution in [3.8, 4) is 0 Å². The topological polar surface area (TPSA) is 49.4 Å². The van der Waals surface area contributed by atoms with E-state index in [-0.39, 0.29) is 6.54 Å². The maximum absolute atomic E-state index is 13.4. The van der Waals surface area contributed by atoms with E-state index in [1.165, 1.54) is 17.2 Å². The van der Waals surface area contributed by atoms with Crippen LogP contribution in [-0.2, 0) is 29.7 Å². The molecule has 26 heavy (non-hydrogen) atoms. The van der Waals surface area contributed by atoms with Crippen LogP contribution in [0.4, 0.5) is 13.6 Å². The monoisotopic (exact) mass is 356 g/mol. The summed E-state index contributed by atoms with van der Waals surface area (Å²) in [4.78, 5) is 26.4. The molecule has 1 aliphatic heterocycles. The van der Waals surface area contributed by atoms with E-state index in [4.69, 9.17) is 0 Å². The second-order valence-corrected chi connectivity index (χ2v) is 7.03. The fourth-order valence-electron chi connectivity index (χ4n) is 3.74. The van der Waals surface area contributed by atoms with Crippen LogP contribution in [0.25, 0.3) is 0 Å². The van der Waals surface area contributed by atoms with Gasteiger partial charge in [-0.2, -0.15) is 0 Å². The maximum atomic E-state index is 13.4. The molecule has 6 heteroatoms. The van der Waals surface area contributed by atoms with Gasteiger partial charge in [-0.3, -0.25) is 9.69 Å². The minimum atomic E-state index is -1.16. The number of hydrogen-bond donors (Lipinski definition) is 1. The smallest absolute Gasteiger partial charge is 0.319 e. The molecule has 0 radical (unpaired) electrons. The van der Waals surface area contributed by atoms with Crippen molar-refractivity contribution in [2.75, 3.05) is 0 Å². The number of fused-ring (bicyclic) bond motifs is 1. The van der Waals surface area contributed by atoms with E-state index in [0.29, 0.717) is 5.56 Å². The van der Waals surface area contributed by atoms with Crippen molar-refractivity contribution in [3.05, 3.63) is 70.3 Å². The van der Waals surface area contributed by atoms with Crippen molar-refractivity contribution in [1.29, 1.82) is 0 Å². The lowest BCUT2D eigenvalue weighted by Crippen LogP contribution is -2.40. The number of aryl methyl sites for hydroxylation is 2. The Bertz CT molecular complexity index is 928. The largest absolute Gasteiger partial charge is 0.325 e. The van der Waals surface area contributed by atoms with Gasteiger partial charge in [0, 0.05) is 0 Å². The maximum Gasteiger partial charge on any atom is 0.325 e. The summed E-state index contributed by atoms with van der Waals surface area (Å²) in [6, 6.07) is 8.70. The molecule has 2 aromatic carbocycles. The molecule has 0 bridgehead atoms. The molecule has 1 aliphatic carbocycles. The number of carbonyl (C=O) groups excluding carboxylic acids is 2. The second-order valence-electron chi connectivity index (χ2n) is 7.03. The van der Waals surface area contributed by atoms with Gasteiger partial charge in [-0.1, -0.05) is 24.3 Å². The molecular weight excluding hydrogens is 338 g/mol. The van der Waals surface area contributed by atoms with E-state index in [2.05, 4.69) is 5.32 Å². The zero-order valence-corrected chi connectivity index (χ0v) is 14.3. The minimum absolute atomic E-state index is 0.109. The van der Waals surface area contributed by atoms with Crippen LogP contribution in [0.5, 0.6) is 0 Å². The number of imide groups is 1. The first kappa shape index (κ1) is 16.7. The van der Waals surface area contributed by atoms with Gasteiger partial charge in [-0.15, -0.1) is 0 Å². The van der Waals surface area contributed by atoms with Crippen molar-refractivity contribution in [1.82, 2.24) is 10.2 Å². The van der Waals surface area contributed by atoms with E-state index in [0.717, 1.165) is 41.9 Å². The van der Waals surface area contributed by atoms with Crippen LogP contribution >= 0.6 is 0 Å². The Morgan fingerprint density at radius 2 is 1.81 bits per heavy atom.